The fourth-order valence-electron chi connectivity index (χ4n) is 4.01. The third kappa shape index (κ3) is 4.39. The number of carbonyl (C=O) groups excluding carboxylic acids is 2. The van der Waals surface area contributed by atoms with Crippen LogP contribution in [0.4, 0.5) is 10.8 Å². The van der Waals surface area contributed by atoms with Gasteiger partial charge in [0.2, 0.25) is 0 Å². The molecule has 3 heterocycles. The van der Waals surface area contributed by atoms with E-state index < -0.39 is 11.8 Å². The minimum Gasteiger partial charge on any atom is -0.365 e. The second-order valence-corrected chi connectivity index (χ2v) is 9.26. The van der Waals surface area contributed by atoms with Crippen LogP contribution in [0.25, 0.3) is 10.2 Å². The quantitative estimate of drug-likeness (QED) is 0.597. The first-order valence-electron chi connectivity index (χ1n) is 10.5. The summed E-state index contributed by atoms with van der Waals surface area (Å²) in [5.41, 5.74) is 4.32. The Hall–Kier alpha value is -3.00. The lowest BCUT2D eigenvalue weighted by atomic mass is 9.89. The molecule has 2 N–H and O–H groups in total. The molecule has 0 unspecified atom stereocenters. The zero-order chi connectivity index (χ0) is 22.1. The Morgan fingerprint density at radius 3 is 2.74 bits per heavy atom. The van der Waals surface area contributed by atoms with Crippen molar-refractivity contribution in [2.45, 2.75) is 39.7 Å². The summed E-state index contributed by atoms with van der Waals surface area (Å²) in [5, 5.41) is 6.66. The van der Waals surface area contributed by atoms with E-state index in [-0.39, 0.29) is 6.04 Å². The first-order chi connectivity index (χ1) is 14.9. The lowest BCUT2D eigenvalue weighted by molar-refractivity contribution is -0.146. The van der Waals surface area contributed by atoms with Crippen LogP contribution in [-0.4, -0.2) is 40.3 Å². The van der Waals surface area contributed by atoms with Crippen LogP contribution < -0.4 is 10.6 Å². The molecule has 1 aliphatic rings. The van der Waals surface area contributed by atoms with Crippen molar-refractivity contribution in [3.63, 3.8) is 0 Å². The summed E-state index contributed by atoms with van der Waals surface area (Å²) in [6, 6.07) is 7.82. The van der Waals surface area contributed by atoms with Gasteiger partial charge >= 0.3 is 11.8 Å². The molecular formula is C23H27N5O2S. The highest BCUT2D eigenvalue weighted by Gasteiger charge is 2.34. The molecule has 1 aromatic carbocycles. The maximum absolute atomic E-state index is 13.2. The molecular weight excluding hydrogens is 410 g/mol. The van der Waals surface area contributed by atoms with Crippen LogP contribution in [0.1, 0.15) is 42.6 Å². The van der Waals surface area contributed by atoms with Crippen LogP contribution in [0.15, 0.2) is 30.5 Å². The van der Waals surface area contributed by atoms with Crippen molar-refractivity contribution in [1.82, 2.24) is 14.9 Å². The van der Waals surface area contributed by atoms with Gasteiger partial charge in [0.15, 0.2) is 5.13 Å². The number of piperidine rings is 1. The third-order valence-corrected chi connectivity index (χ3v) is 6.93. The summed E-state index contributed by atoms with van der Waals surface area (Å²) >= 11 is 1.60. The van der Waals surface area contributed by atoms with E-state index in [1.807, 2.05) is 45.2 Å². The van der Waals surface area contributed by atoms with Crippen molar-refractivity contribution >= 4 is 44.2 Å². The molecule has 1 aliphatic heterocycles. The lowest BCUT2D eigenvalue weighted by Crippen LogP contribution is -2.46. The van der Waals surface area contributed by atoms with E-state index in [4.69, 9.17) is 0 Å². The normalized spacial score (nSPS) is 18.8. The Morgan fingerprint density at radius 2 is 2.00 bits per heavy atom. The predicted octanol–water partition coefficient (Wildman–Crippen LogP) is 4.29. The van der Waals surface area contributed by atoms with Crippen molar-refractivity contribution < 1.29 is 9.59 Å². The van der Waals surface area contributed by atoms with E-state index in [9.17, 15) is 9.59 Å². The fraction of sp³-hybridized carbons (Fsp3) is 0.391. The molecule has 0 radical (unpaired) electrons. The Balaban J connectivity index is 1.58. The second kappa shape index (κ2) is 8.63. The van der Waals surface area contributed by atoms with Gasteiger partial charge in [0.25, 0.3) is 0 Å². The number of carbonyl (C=O) groups is 2. The Morgan fingerprint density at radius 1 is 1.19 bits per heavy atom. The first-order valence-corrected chi connectivity index (χ1v) is 11.3. The number of aromatic nitrogens is 2. The van der Waals surface area contributed by atoms with Gasteiger partial charge in [-0.1, -0.05) is 24.3 Å². The number of aryl methyl sites for hydroxylation is 2. The van der Waals surface area contributed by atoms with Gasteiger partial charge < -0.3 is 15.5 Å². The number of thiazole rings is 1. The average Bonchev–Trinajstić information content (AvgIpc) is 3.18. The van der Waals surface area contributed by atoms with Gasteiger partial charge in [0.05, 0.1) is 28.1 Å². The van der Waals surface area contributed by atoms with Crippen molar-refractivity contribution in [1.29, 1.82) is 0 Å². The zero-order valence-corrected chi connectivity index (χ0v) is 19.0. The van der Waals surface area contributed by atoms with E-state index in [0.717, 1.165) is 45.0 Å². The zero-order valence-electron chi connectivity index (χ0n) is 18.2. The molecule has 162 valence electrons. The summed E-state index contributed by atoms with van der Waals surface area (Å²) in [5.74, 6) is -0.796. The standard InChI is InChI=1S/C23H27N5O2S/c1-13-5-7-19(16-6-8-20-18(10-16)27-23(24-4)31-20)28(12-13)22(30)21(29)26-17-9-14(2)15(3)25-11-17/h6,8-11,13,19H,5,7,12H2,1-4H3,(H,24,27)(H,26,29)/t13-,19+/m0/s1. The van der Waals surface area contributed by atoms with Gasteiger partial charge in [-0.25, -0.2) is 4.98 Å². The molecule has 0 bridgehead atoms. The van der Waals surface area contributed by atoms with Crippen LogP contribution in [0.5, 0.6) is 0 Å². The number of nitrogens with zero attached hydrogens (tertiary/aromatic N) is 3. The number of anilines is 2. The lowest BCUT2D eigenvalue weighted by Gasteiger charge is -2.38. The van der Waals surface area contributed by atoms with Gasteiger partial charge in [-0.3, -0.25) is 14.6 Å². The maximum Gasteiger partial charge on any atom is 0.313 e. The van der Waals surface area contributed by atoms with Crippen LogP contribution >= 0.6 is 11.3 Å². The Bertz CT molecular complexity index is 1140. The molecule has 2 atom stereocenters. The molecule has 1 saturated heterocycles. The highest BCUT2D eigenvalue weighted by molar-refractivity contribution is 7.22. The molecule has 3 aromatic rings. The Labute approximate surface area is 185 Å². The van der Waals surface area contributed by atoms with E-state index in [1.165, 1.54) is 0 Å². The summed E-state index contributed by atoms with van der Waals surface area (Å²) in [6.45, 7) is 6.50. The van der Waals surface area contributed by atoms with Crippen LogP contribution in [-0.2, 0) is 9.59 Å². The minimum atomic E-state index is -0.628. The number of likely N-dealkylation sites (tertiary alicyclic amines) is 1. The van der Waals surface area contributed by atoms with E-state index in [2.05, 4.69) is 27.5 Å². The number of rotatable bonds is 3. The van der Waals surface area contributed by atoms with Gasteiger partial charge in [-0.05, 0) is 61.9 Å². The number of hydrogen-bond acceptors (Lipinski definition) is 6. The smallest absolute Gasteiger partial charge is 0.313 e. The van der Waals surface area contributed by atoms with Gasteiger partial charge in [-0.15, -0.1) is 0 Å². The number of benzene rings is 1. The summed E-state index contributed by atoms with van der Waals surface area (Å²) in [6.07, 6.45) is 3.41. The van der Waals surface area contributed by atoms with Gasteiger partial charge in [0.1, 0.15) is 0 Å². The first kappa shape index (κ1) is 21.2. The summed E-state index contributed by atoms with van der Waals surface area (Å²) in [4.78, 5) is 36.5. The van der Waals surface area contributed by atoms with E-state index >= 15 is 0 Å². The molecule has 31 heavy (non-hydrogen) atoms. The van der Waals surface area contributed by atoms with Crippen LogP contribution in [0.3, 0.4) is 0 Å². The molecule has 2 aromatic heterocycles. The number of nitrogens with one attached hydrogen (secondary N) is 2. The van der Waals surface area contributed by atoms with Crippen molar-refractivity contribution in [2.75, 3.05) is 24.2 Å². The van der Waals surface area contributed by atoms with Crippen molar-refractivity contribution in [2.24, 2.45) is 5.92 Å². The SMILES string of the molecule is CNc1nc2cc([C@H]3CC[C@H](C)CN3C(=O)C(=O)Nc3cnc(C)c(C)c3)ccc2s1. The average molecular weight is 438 g/mol. The largest absolute Gasteiger partial charge is 0.365 e. The number of amides is 2. The maximum atomic E-state index is 13.2. The number of fused-ring (bicyclic) bond motifs is 1. The van der Waals surface area contributed by atoms with Crippen molar-refractivity contribution in [3.8, 4) is 0 Å². The second-order valence-electron chi connectivity index (χ2n) is 8.23. The third-order valence-electron chi connectivity index (χ3n) is 5.88. The molecule has 0 aliphatic carbocycles. The summed E-state index contributed by atoms with van der Waals surface area (Å²) < 4.78 is 1.09. The summed E-state index contributed by atoms with van der Waals surface area (Å²) in [7, 11) is 1.85. The van der Waals surface area contributed by atoms with E-state index in [1.54, 1.807) is 22.4 Å². The Kier molecular flexibility index (Phi) is 5.91. The molecule has 2 amide bonds. The fourth-order valence-corrected chi connectivity index (χ4v) is 4.81. The number of pyridine rings is 1. The minimum absolute atomic E-state index is 0.142. The van der Waals surface area contributed by atoms with Gasteiger partial charge in [0, 0.05) is 19.3 Å². The van der Waals surface area contributed by atoms with Crippen molar-refractivity contribution in [3.05, 3.63) is 47.3 Å². The van der Waals surface area contributed by atoms with Gasteiger partial charge in [-0.2, -0.15) is 0 Å². The highest BCUT2D eigenvalue weighted by atomic mass is 32.1. The van der Waals surface area contributed by atoms with Crippen LogP contribution in [0.2, 0.25) is 0 Å². The highest BCUT2D eigenvalue weighted by Crippen LogP contribution is 2.36. The molecule has 0 saturated carbocycles. The molecule has 7 nitrogen and oxygen atoms in total. The topological polar surface area (TPSA) is 87.2 Å². The van der Waals surface area contributed by atoms with E-state index in [0.29, 0.717) is 18.2 Å². The molecule has 4 rings (SSSR count). The van der Waals surface area contributed by atoms with Crippen LogP contribution in [0, 0.1) is 19.8 Å². The number of hydrogen-bond donors (Lipinski definition) is 2. The predicted molar refractivity (Wildman–Crippen MR) is 124 cm³/mol. The molecule has 8 heteroatoms. The monoisotopic (exact) mass is 437 g/mol. The molecule has 1 fully saturated rings. The molecule has 0 spiro atoms.